The highest BCUT2D eigenvalue weighted by Gasteiger charge is 2.49. The third-order valence-electron chi connectivity index (χ3n) is 5.71. The van der Waals surface area contributed by atoms with Gasteiger partial charge in [-0.1, -0.05) is 23.8 Å². The molecule has 0 radical (unpaired) electrons. The van der Waals surface area contributed by atoms with Gasteiger partial charge < -0.3 is 9.64 Å². The van der Waals surface area contributed by atoms with E-state index in [0.717, 1.165) is 13.2 Å². The Morgan fingerprint density at radius 2 is 2.09 bits per heavy atom. The predicted octanol–water partition coefficient (Wildman–Crippen LogP) is 2.70. The summed E-state index contributed by atoms with van der Waals surface area (Å²) in [5, 5.41) is 0. The predicted molar refractivity (Wildman–Crippen MR) is 91.1 cm³/mol. The van der Waals surface area contributed by atoms with Crippen LogP contribution < -0.4 is 0 Å². The van der Waals surface area contributed by atoms with Gasteiger partial charge >= 0.3 is 0 Å². The van der Waals surface area contributed by atoms with Gasteiger partial charge in [0.1, 0.15) is 0 Å². The second kappa shape index (κ2) is 6.31. The Morgan fingerprint density at radius 3 is 2.86 bits per heavy atom. The fraction of sp³-hybridized carbons (Fsp3) is 0.684. The Morgan fingerprint density at radius 1 is 1.27 bits per heavy atom. The molecule has 1 aromatic carbocycles. The molecule has 2 heterocycles. The van der Waals surface area contributed by atoms with E-state index in [1.165, 1.54) is 49.3 Å². The van der Waals surface area contributed by atoms with E-state index in [0.29, 0.717) is 11.3 Å². The lowest BCUT2D eigenvalue weighted by molar-refractivity contribution is 0.0958. The molecular formula is C19H30N2O. The molecule has 22 heavy (non-hydrogen) atoms. The molecule has 2 aliphatic rings. The number of ether oxygens (including phenoxy) is 1. The monoisotopic (exact) mass is 302 g/mol. The average Bonchev–Trinajstić information content (AvgIpc) is 2.99. The number of hydrogen-bond acceptors (Lipinski definition) is 3. The minimum atomic E-state index is 0.447. The number of methoxy groups -OCH3 is 1. The Labute approximate surface area is 135 Å². The minimum absolute atomic E-state index is 0.447. The van der Waals surface area contributed by atoms with Crippen molar-refractivity contribution in [3.05, 3.63) is 34.9 Å². The van der Waals surface area contributed by atoms with Crippen LogP contribution in [0, 0.1) is 25.2 Å². The maximum Gasteiger partial charge on any atom is 0.0509 e. The highest BCUT2D eigenvalue weighted by atomic mass is 16.5. The maximum absolute atomic E-state index is 5.50. The van der Waals surface area contributed by atoms with Crippen molar-refractivity contribution in [2.24, 2.45) is 11.3 Å². The van der Waals surface area contributed by atoms with Crippen LogP contribution in [0.4, 0.5) is 0 Å². The van der Waals surface area contributed by atoms with Crippen molar-refractivity contribution >= 4 is 0 Å². The molecule has 2 aliphatic heterocycles. The van der Waals surface area contributed by atoms with E-state index < -0.39 is 0 Å². The van der Waals surface area contributed by atoms with Crippen molar-refractivity contribution in [2.75, 3.05) is 46.9 Å². The second-order valence-electron chi connectivity index (χ2n) is 7.60. The van der Waals surface area contributed by atoms with E-state index in [4.69, 9.17) is 4.74 Å². The first kappa shape index (κ1) is 16.0. The molecule has 3 nitrogen and oxygen atoms in total. The van der Waals surface area contributed by atoms with Crippen molar-refractivity contribution in [1.29, 1.82) is 0 Å². The van der Waals surface area contributed by atoms with Gasteiger partial charge in [0.15, 0.2) is 0 Å². The lowest BCUT2D eigenvalue weighted by Gasteiger charge is -2.30. The lowest BCUT2D eigenvalue weighted by atomic mass is 9.77. The Bertz CT molecular complexity index is 530. The fourth-order valence-corrected chi connectivity index (χ4v) is 4.52. The molecule has 0 aliphatic carbocycles. The summed E-state index contributed by atoms with van der Waals surface area (Å²) in [4.78, 5) is 5.15. The molecule has 1 spiro atoms. The van der Waals surface area contributed by atoms with Crippen LogP contribution in [0.1, 0.15) is 23.1 Å². The standard InChI is InChI=1S/C19H30N2O/c1-15-5-6-16(2)17(9-15)10-21-8-7-19(14-21)13-20(3)11-18(19)12-22-4/h5-6,9,18H,7-8,10-14H2,1-4H3/t18-,19-/m1/s1. The van der Waals surface area contributed by atoms with Crippen molar-refractivity contribution in [3.8, 4) is 0 Å². The zero-order valence-corrected chi connectivity index (χ0v) is 14.6. The van der Waals surface area contributed by atoms with Crippen LogP contribution in [-0.4, -0.2) is 56.7 Å². The van der Waals surface area contributed by atoms with Crippen LogP contribution in [0.25, 0.3) is 0 Å². The molecule has 0 amide bonds. The molecule has 2 atom stereocenters. The molecule has 3 rings (SSSR count). The molecule has 0 saturated carbocycles. The summed E-state index contributed by atoms with van der Waals surface area (Å²) in [7, 11) is 4.10. The van der Waals surface area contributed by atoms with Crippen LogP contribution >= 0.6 is 0 Å². The highest BCUT2D eigenvalue weighted by molar-refractivity contribution is 5.30. The molecule has 1 aromatic rings. The summed E-state index contributed by atoms with van der Waals surface area (Å²) in [5.41, 5.74) is 4.73. The third kappa shape index (κ3) is 3.08. The van der Waals surface area contributed by atoms with E-state index in [1.54, 1.807) is 0 Å². The Balaban J connectivity index is 1.70. The SMILES string of the molecule is COC[C@H]1CN(C)C[C@@]12CCN(Cc1cc(C)ccc1C)C2. The van der Waals surface area contributed by atoms with Gasteiger partial charge in [-0.3, -0.25) is 4.90 Å². The van der Waals surface area contributed by atoms with E-state index in [2.05, 4.69) is 48.9 Å². The summed E-state index contributed by atoms with van der Waals surface area (Å²) in [6.45, 7) is 11.3. The van der Waals surface area contributed by atoms with E-state index in [-0.39, 0.29) is 0 Å². The number of benzene rings is 1. The minimum Gasteiger partial charge on any atom is -0.384 e. The van der Waals surface area contributed by atoms with Crippen LogP contribution in [0.15, 0.2) is 18.2 Å². The first-order valence-electron chi connectivity index (χ1n) is 8.48. The van der Waals surface area contributed by atoms with Crippen LogP contribution in [0.5, 0.6) is 0 Å². The summed E-state index contributed by atoms with van der Waals surface area (Å²) >= 11 is 0. The average molecular weight is 302 g/mol. The summed E-state index contributed by atoms with van der Waals surface area (Å²) in [6, 6.07) is 6.83. The highest BCUT2D eigenvalue weighted by Crippen LogP contribution is 2.43. The summed E-state index contributed by atoms with van der Waals surface area (Å²) in [5.74, 6) is 0.686. The Hall–Kier alpha value is -0.900. The number of rotatable bonds is 4. The van der Waals surface area contributed by atoms with Gasteiger partial charge in [0.05, 0.1) is 6.61 Å². The van der Waals surface area contributed by atoms with E-state index in [9.17, 15) is 0 Å². The molecule has 0 N–H and O–H groups in total. The lowest BCUT2D eigenvalue weighted by Crippen LogP contribution is -2.36. The molecule has 122 valence electrons. The van der Waals surface area contributed by atoms with Gasteiger partial charge in [0.25, 0.3) is 0 Å². The van der Waals surface area contributed by atoms with Crippen LogP contribution in [0.3, 0.4) is 0 Å². The van der Waals surface area contributed by atoms with Gasteiger partial charge in [-0.2, -0.15) is 0 Å². The molecule has 3 heteroatoms. The van der Waals surface area contributed by atoms with E-state index in [1.807, 2.05) is 7.11 Å². The van der Waals surface area contributed by atoms with Crippen LogP contribution in [-0.2, 0) is 11.3 Å². The first-order valence-corrected chi connectivity index (χ1v) is 8.48. The fourth-order valence-electron chi connectivity index (χ4n) is 4.52. The molecule has 2 fully saturated rings. The van der Waals surface area contributed by atoms with Crippen molar-refractivity contribution in [3.63, 3.8) is 0 Å². The number of likely N-dealkylation sites (tertiary alicyclic amines) is 2. The van der Waals surface area contributed by atoms with Crippen molar-refractivity contribution < 1.29 is 4.74 Å². The molecule has 0 unspecified atom stereocenters. The summed E-state index contributed by atoms with van der Waals surface area (Å²) in [6.07, 6.45) is 1.32. The van der Waals surface area contributed by atoms with Crippen LogP contribution in [0.2, 0.25) is 0 Å². The zero-order valence-electron chi connectivity index (χ0n) is 14.6. The second-order valence-corrected chi connectivity index (χ2v) is 7.60. The summed E-state index contributed by atoms with van der Waals surface area (Å²) < 4.78 is 5.50. The first-order chi connectivity index (χ1) is 10.5. The quantitative estimate of drug-likeness (QED) is 0.850. The third-order valence-corrected chi connectivity index (χ3v) is 5.71. The maximum atomic E-state index is 5.50. The van der Waals surface area contributed by atoms with Crippen molar-refractivity contribution in [2.45, 2.75) is 26.8 Å². The van der Waals surface area contributed by atoms with Gasteiger partial charge in [-0.05, 0) is 45.0 Å². The van der Waals surface area contributed by atoms with Gasteiger partial charge in [0, 0.05) is 44.6 Å². The normalized spacial score (nSPS) is 29.7. The molecule has 2 saturated heterocycles. The van der Waals surface area contributed by atoms with E-state index >= 15 is 0 Å². The molecule has 0 bridgehead atoms. The largest absolute Gasteiger partial charge is 0.384 e. The molecule has 0 aromatic heterocycles. The number of hydrogen-bond donors (Lipinski definition) is 0. The van der Waals surface area contributed by atoms with Gasteiger partial charge in [-0.15, -0.1) is 0 Å². The van der Waals surface area contributed by atoms with Crippen molar-refractivity contribution in [1.82, 2.24) is 9.80 Å². The molecular weight excluding hydrogens is 272 g/mol. The van der Waals surface area contributed by atoms with Gasteiger partial charge in [0.2, 0.25) is 0 Å². The smallest absolute Gasteiger partial charge is 0.0509 e. The van der Waals surface area contributed by atoms with Gasteiger partial charge in [-0.25, -0.2) is 0 Å². The Kier molecular flexibility index (Phi) is 4.58. The topological polar surface area (TPSA) is 15.7 Å². The zero-order chi connectivity index (χ0) is 15.7. The number of nitrogens with zero attached hydrogens (tertiary/aromatic N) is 2. The number of aryl methyl sites for hydroxylation is 2.